The number of rotatable bonds is 4. The molecule has 3 heteroatoms. The summed E-state index contributed by atoms with van der Waals surface area (Å²) >= 11 is 2.28. The predicted octanol–water partition coefficient (Wildman–Crippen LogP) is 3.08. The molecule has 1 rings (SSSR count). The highest BCUT2D eigenvalue weighted by molar-refractivity contribution is 14.1. The maximum atomic E-state index is 11.2. The summed E-state index contributed by atoms with van der Waals surface area (Å²) in [6, 6.07) is 0. The molecular weight excluding hydrogens is 279 g/mol. The molecule has 1 aliphatic rings. The van der Waals surface area contributed by atoms with Crippen molar-refractivity contribution in [2.75, 3.05) is 4.43 Å². The average molecular weight is 296 g/mol. The first-order valence-electron chi connectivity index (χ1n) is 5.08. The maximum absolute atomic E-state index is 11.2. The van der Waals surface area contributed by atoms with Crippen molar-refractivity contribution in [3.8, 4) is 0 Å². The van der Waals surface area contributed by atoms with Crippen molar-refractivity contribution in [2.45, 2.75) is 51.0 Å². The van der Waals surface area contributed by atoms with Gasteiger partial charge in [-0.2, -0.15) is 0 Å². The molecule has 76 valence electrons. The summed E-state index contributed by atoms with van der Waals surface area (Å²) in [4.78, 5) is 11.2. The third-order valence-electron chi connectivity index (χ3n) is 2.36. The molecule has 13 heavy (non-hydrogen) atoms. The number of alkyl halides is 1. The summed E-state index contributed by atoms with van der Waals surface area (Å²) in [5.74, 6) is 0.00330. The second-order valence-electron chi connectivity index (χ2n) is 3.54. The number of halogens is 1. The minimum atomic E-state index is 0.00330. The molecule has 0 aliphatic heterocycles. The quantitative estimate of drug-likeness (QED) is 0.453. The van der Waals surface area contributed by atoms with Crippen LogP contribution in [0.1, 0.15) is 44.9 Å². The van der Waals surface area contributed by atoms with Crippen molar-refractivity contribution in [1.29, 1.82) is 0 Å². The van der Waals surface area contributed by atoms with Crippen LogP contribution in [-0.4, -0.2) is 16.5 Å². The minimum Gasteiger partial charge on any atom is -0.462 e. The van der Waals surface area contributed by atoms with Gasteiger partial charge in [-0.25, -0.2) is 0 Å². The Bertz CT molecular complexity index is 153. The third-order valence-corrected chi connectivity index (χ3v) is 3.13. The van der Waals surface area contributed by atoms with Crippen LogP contribution < -0.4 is 0 Å². The highest BCUT2D eigenvalue weighted by atomic mass is 127. The van der Waals surface area contributed by atoms with Crippen molar-refractivity contribution < 1.29 is 9.53 Å². The maximum Gasteiger partial charge on any atom is 0.306 e. The lowest BCUT2D eigenvalue weighted by atomic mass is 9.98. The fourth-order valence-electron chi connectivity index (χ4n) is 1.64. The van der Waals surface area contributed by atoms with E-state index in [-0.39, 0.29) is 12.1 Å². The molecule has 0 N–H and O–H groups in total. The number of carbonyl (C=O) groups is 1. The molecule has 1 saturated carbocycles. The normalized spacial score (nSPS) is 18.5. The molecule has 0 radical (unpaired) electrons. The van der Waals surface area contributed by atoms with Gasteiger partial charge in [0.2, 0.25) is 0 Å². The van der Waals surface area contributed by atoms with Crippen LogP contribution in [0.25, 0.3) is 0 Å². The molecule has 0 unspecified atom stereocenters. The summed E-state index contributed by atoms with van der Waals surface area (Å²) < 4.78 is 6.39. The predicted molar refractivity (Wildman–Crippen MR) is 61.1 cm³/mol. The van der Waals surface area contributed by atoms with Gasteiger partial charge in [0.25, 0.3) is 0 Å². The first kappa shape index (κ1) is 11.3. The second kappa shape index (κ2) is 6.62. The molecule has 0 aromatic carbocycles. The van der Waals surface area contributed by atoms with Crippen molar-refractivity contribution in [3.63, 3.8) is 0 Å². The number of carbonyl (C=O) groups excluding carboxylic acids is 1. The first-order valence-corrected chi connectivity index (χ1v) is 6.61. The summed E-state index contributed by atoms with van der Waals surface area (Å²) in [6.07, 6.45) is 7.70. The third kappa shape index (κ3) is 4.84. The Morgan fingerprint density at radius 2 is 2.00 bits per heavy atom. The molecule has 1 fully saturated rings. The largest absolute Gasteiger partial charge is 0.462 e. The van der Waals surface area contributed by atoms with Crippen LogP contribution in [0.3, 0.4) is 0 Å². The van der Waals surface area contributed by atoms with Crippen LogP contribution in [0.15, 0.2) is 0 Å². The van der Waals surface area contributed by atoms with Gasteiger partial charge in [-0.15, -0.1) is 0 Å². The molecule has 0 bridgehead atoms. The lowest BCUT2D eigenvalue weighted by Crippen LogP contribution is -2.20. The van der Waals surface area contributed by atoms with Crippen LogP contribution in [0, 0.1) is 0 Å². The van der Waals surface area contributed by atoms with E-state index in [1.807, 2.05) is 0 Å². The Kier molecular flexibility index (Phi) is 5.75. The molecule has 0 amide bonds. The molecule has 0 heterocycles. The van der Waals surface area contributed by atoms with Gasteiger partial charge in [0.05, 0.1) is 0 Å². The van der Waals surface area contributed by atoms with Crippen LogP contribution >= 0.6 is 22.6 Å². The fourth-order valence-corrected chi connectivity index (χ4v) is 2.02. The zero-order valence-electron chi connectivity index (χ0n) is 7.93. The Balaban J connectivity index is 2.11. The summed E-state index contributed by atoms with van der Waals surface area (Å²) in [6.45, 7) is 0. The standard InChI is InChI=1S/C10H17IO2/c11-8-4-7-10(12)13-9-5-2-1-3-6-9/h9H,1-8H2. The van der Waals surface area contributed by atoms with E-state index in [0.717, 1.165) is 23.7 Å². The van der Waals surface area contributed by atoms with Crippen molar-refractivity contribution in [2.24, 2.45) is 0 Å². The van der Waals surface area contributed by atoms with E-state index >= 15 is 0 Å². The van der Waals surface area contributed by atoms with E-state index in [4.69, 9.17) is 4.74 Å². The lowest BCUT2D eigenvalue weighted by molar-refractivity contribution is -0.150. The van der Waals surface area contributed by atoms with Crippen LogP contribution in [0.2, 0.25) is 0 Å². The smallest absolute Gasteiger partial charge is 0.306 e. The fraction of sp³-hybridized carbons (Fsp3) is 0.900. The van der Waals surface area contributed by atoms with Gasteiger partial charge in [-0.1, -0.05) is 29.0 Å². The van der Waals surface area contributed by atoms with E-state index in [9.17, 15) is 4.79 Å². The number of ether oxygens (including phenoxy) is 1. The highest BCUT2D eigenvalue weighted by Gasteiger charge is 2.16. The highest BCUT2D eigenvalue weighted by Crippen LogP contribution is 2.20. The van der Waals surface area contributed by atoms with Gasteiger partial charge < -0.3 is 4.74 Å². The molecule has 0 aromatic rings. The SMILES string of the molecule is O=C(CCCI)OC1CCCCC1. The van der Waals surface area contributed by atoms with Gasteiger partial charge >= 0.3 is 5.97 Å². The minimum absolute atomic E-state index is 0.00330. The Hall–Kier alpha value is 0.200. The van der Waals surface area contributed by atoms with E-state index in [2.05, 4.69) is 22.6 Å². The van der Waals surface area contributed by atoms with Gasteiger partial charge in [-0.3, -0.25) is 4.79 Å². The van der Waals surface area contributed by atoms with E-state index < -0.39 is 0 Å². The Labute approximate surface area is 93.6 Å². The van der Waals surface area contributed by atoms with E-state index in [0.29, 0.717) is 6.42 Å². The van der Waals surface area contributed by atoms with E-state index in [1.54, 1.807) is 0 Å². The van der Waals surface area contributed by atoms with Crippen LogP contribution in [0.4, 0.5) is 0 Å². The molecule has 2 nitrogen and oxygen atoms in total. The zero-order chi connectivity index (χ0) is 9.52. The number of hydrogen-bond acceptors (Lipinski definition) is 2. The molecule has 0 aromatic heterocycles. The number of hydrogen-bond donors (Lipinski definition) is 0. The molecule has 0 atom stereocenters. The second-order valence-corrected chi connectivity index (χ2v) is 4.62. The van der Waals surface area contributed by atoms with Crippen LogP contribution in [-0.2, 0) is 9.53 Å². The molecule has 0 saturated heterocycles. The molecular formula is C10H17IO2. The summed E-state index contributed by atoms with van der Waals surface area (Å²) in [5.41, 5.74) is 0. The first-order chi connectivity index (χ1) is 6.33. The van der Waals surface area contributed by atoms with Gasteiger partial charge in [0.1, 0.15) is 6.10 Å². The zero-order valence-corrected chi connectivity index (χ0v) is 10.1. The van der Waals surface area contributed by atoms with Crippen molar-refractivity contribution >= 4 is 28.6 Å². The van der Waals surface area contributed by atoms with Crippen molar-refractivity contribution in [3.05, 3.63) is 0 Å². The monoisotopic (exact) mass is 296 g/mol. The summed E-state index contributed by atoms with van der Waals surface area (Å²) in [5, 5.41) is 0. The topological polar surface area (TPSA) is 26.3 Å². The van der Waals surface area contributed by atoms with Crippen molar-refractivity contribution in [1.82, 2.24) is 0 Å². The van der Waals surface area contributed by atoms with Gasteiger partial charge in [-0.05, 0) is 32.1 Å². The Morgan fingerprint density at radius 1 is 1.31 bits per heavy atom. The number of esters is 1. The molecule has 1 aliphatic carbocycles. The lowest BCUT2D eigenvalue weighted by Gasteiger charge is -2.21. The van der Waals surface area contributed by atoms with Crippen LogP contribution in [0.5, 0.6) is 0 Å². The van der Waals surface area contributed by atoms with E-state index in [1.165, 1.54) is 19.3 Å². The summed E-state index contributed by atoms with van der Waals surface area (Å²) in [7, 11) is 0. The Morgan fingerprint density at radius 3 is 2.62 bits per heavy atom. The van der Waals surface area contributed by atoms with Gasteiger partial charge in [0.15, 0.2) is 0 Å². The average Bonchev–Trinajstić information content (AvgIpc) is 2.16. The molecule has 0 spiro atoms. The van der Waals surface area contributed by atoms with Gasteiger partial charge in [0, 0.05) is 10.8 Å².